The number of nitrogens with one attached hydrogen (secondary N) is 1. The third-order valence-electron chi connectivity index (χ3n) is 3.09. The Morgan fingerprint density at radius 1 is 1.32 bits per heavy atom. The molecule has 0 radical (unpaired) electrons. The van der Waals surface area contributed by atoms with Crippen molar-refractivity contribution >= 4 is 27.3 Å². The summed E-state index contributed by atoms with van der Waals surface area (Å²) in [7, 11) is -2.30. The van der Waals surface area contributed by atoms with Crippen LogP contribution in [0.3, 0.4) is 0 Å². The van der Waals surface area contributed by atoms with E-state index in [0.717, 1.165) is 10.4 Å². The topological polar surface area (TPSA) is 85.4 Å². The molecule has 22 heavy (non-hydrogen) atoms. The van der Waals surface area contributed by atoms with Crippen molar-refractivity contribution in [1.29, 1.82) is 0 Å². The number of nitrogens with zero attached hydrogens (tertiary/aromatic N) is 1. The number of carbonyl (C=O) groups is 1. The molecule has 2 aromatic heterocycles. The minimum absolute atomic E-state index is 0.0517. The number of aromatic nitrogens is 1. The maximum Gasteiger partial charge on any atom is 0.339 e. The van der Waals surface area contributed by atoms with Gasteiger partial charge in [-0.3, -0.25) is 4.98 Å². The Morgan fingerprint density at radius 3 is 2.64 bits per heavy atom. The van der Waals surface area contributed by atoms with Crippen molar-refractivity contribution in [3.05, 3.63) is 46.1 Å². The van der Waals surface area contributed by atoms with E-state index in [2.05, 4.69) is 14.4 Å². The molecule has 0 fully saturated rings. The summed E-state index contributed by atoms with van der Waals surface area (Å²) in [6.07, 6.45) is 2.87. The van der Waals surface area contributed by atoms with E-state index in [0.29, 0.717) is 5.56 Å². The fourth-order valence-electron chi connectivity index (χ4n) is 1.73. The zero-order valence-corrected chi connectivity index (χ0v) is 14.0. The molecule has 118 valence electrons. The monoisotopic (exact) mass is 340 g/mol. The number of thiophene rings is 1. The number of hydrogen-bond donors (Lipinski definition) is 1. The summed E-state index contributed by atoms with van der Waals surface area (Å²) in [5, 5.41) is 0. The second-order valence-electron chi connectivity index (χ2n) is 4.70. The summed E-state index contributed by atoms with van der Waals surface area (Å²) in [5.74, 6) is -0.512. The second-order valence-corrected chi connectivity index (χ2v) is 7.95. The van der Waals surface area contributed by atoms with Crippen LogP contribution in [0.15, 0.2) is 28.7 Å². The quantitative estimate of drug-likeness (QED) is 0.842. The maximum absolute atomic E-state index is 12.2. The Labute approximate surface area is 133 Å². The van der Waals surface area contributed by atoms with Crippen molar-refractivity contribution in [2.24, 2.45) is 0 Å². The van der Waals surface area contributed by atoms with E-state index < -0.39 is 16.0 Å². The molecule has 0 amide bonds. The molecular formula is C14H16N2O4S2. The first-order valence-corrected chi connectivity index (χ1v) is 8.72. The molecule has 8 heteroatoms. The third-order valence-corrected chi connectivity index (χ3v) is 6.12. The average molecular weight is 340 g/mol. The Kier molecular flexibility index (Phi) is 4.94. The average Bonchev–Trinajstić information content (AvgIpc) is 2.85. The first kappa shape index (κ1) is 16.6. The van der Waals surface area contributed by atoms with Crippen LogP contribution in [0, 0.1) is 13.8 Å². The molecule has 2 rings (SSSR count). The van der Waals surface area contributed by atoms with Crippen molar-refractivity contribution in [2.75, 3.05) is 7.11 Å². The Balaban J connectivity index is 2.14. The van der Waals surface area contributed by atoms with Crippen LogP contribution in [0.5, 0.6) is 0 Å². The number of rotatable bonds is 5. The van der Waals surface area contributed by atoms with Gasteiger partial charge in [-0.15, -0.1) is 11.3 Å². The standard InChI is InChI=1S/C14H16N2O4S2/c1-9-4-13(21-10(9)2)22(18,19)16-7-11-5-12(8-15-6-11)14(17)20-3/h4-6,8,16H,7H2,1-3H3. The largest absolute Gasteiger partial charge is 0.465 e. The lowest BCUT2D eigenvalue weighted by Gasteiger charge is -2.06. The van der Waals surface area contributed by atoms with E-state index in [1.54, 1.807) is 12.1 Å². The van der Waals surface area contributed by atoms with Gasteiger partial charge in [0.25, 0.3) is 0 Å². The van der Waals surface area contributed by atoms with Crippen LogP contribution in [-0.2, 0) is 21.3 Å². The summed E-state index contributed by atoms with van der Waals surface area (Å²) in [6, 6.07) is 3.19. The van der Waals surface area contributed by atoms with Gasteiger partial charge in [-0.2, -0.15) is 0 Å². The van der Waals surface area contributed by atoms with Crippen LogP contribution in [0.25, 0.3) is 0 Å². The zero-order valence-electron chi connectivity index (χ0n) is 12.4. The van der Waals surface area contributed by atoms with Crippen LogP contribution in [-0.4, -0.2) is 26.5 Å². The van der Waals surface area contributed by atoms with Gasteiger partial charge in [0.2, 0.25) is 10.0 Å². The number of sulfonamides is 1. The van der Waals surface area contributed by atoms with Gasteiger partial charge in [0, 0.05) is 23.8 Å². The van der Waals surface area contributed by atoms with Crippen molar-refractivity contribution in [3.63, 3.8) is 0 Å². The Hall–Kier alpha value is -1.77. The highest BCUT2D eigenvalue weighted by Gasteiger charge is 2.17. The predicted molar refractivity (Wildman–Crippen MR) is 83.4 cm³/mol. The van der Waals surface area contributed by atoms with Gasteiger partial charge in [0.1, 0.15) is 4.21 Å². The minimum Gasteiger partial charge on any atom is -0.465 e. The Bertz CT molecular complexity index is 777. The Morgan fingerprint density at radius 2 is 2.05 bits per heavy atom. The molecule has 0 bridgehead atoms. The molecule has 2 heterocycles. The molecule has 0 aliphatic rings. The highest BCUT2D eigenvalue weighted by atomic mass is 32.2. The summed E-state index contributed by atoms with van der Waals surface area (Å²) < 4.78 is 31.9. The van der Waals surface area contributed by atoms with Crippen LogP contribution < -0.4 is 4.72 Å². The normalized spacial score (nSPS) is 11.4. The van der Waals surface area contributed by atoms with E-state index in [-0.39, 0.29) is 16.3 Å². The summed E-state index contributed by atoms with van der Waals surface area (Å²) in [4.78, 5) is 16.3. The van der Waals surface area contributed by atoms with Gasteiger partial charge in [0.05, 0.1) is 12.7 Å². The fraction of sp³-hybridized carbons (Fsp3) is 0.286. The highest BCUT2D eigenvalue weighted by molar-refractivity contribution is 7.91. The van der Waals surface area contributed by atoms with Crippen molar-refractivity contribution in [1.82, 2.24) is 9.71 Å². The van der Waals surface area contributed by atoms with Gasteiger partial charge >= 0.3 is 5.97 Å². The van der Waals surface area contributed by atoms with E-state index in [9.17, 15) is 13.2 Å². The second kappa shape index (κ2) is 6.55. The molecule has 0 atom stereocenters. The van der Waals surface area contributed by atoms with Crippen LogP contribution in [0.2, 0.25) is 0 Å². The van der Waals surface area contributed by atoms with Gasteiger partial charge < -0.3 is 4.74 Å². The lowest BCUT2D eigenvalue weighted by Crippen LogP contribution is -2.22. The number of pyridine rings is 1. The number of ether oxygens (including phenoxy) is 1. The van der Waals surface area contributed by atoms with E-state index in [1.165, 1.54) is 30.8 Å². The minimum atomic E-state index is -3.57. The SMILES string of the molecule is COC(=O)c1cncc(CNS(=O)(=O)c2cc(C)c(C)s2)c1. The van der Waals surface area contributed by atoms with Crippen molar-refractivity contribution < 1.29 is 17.9 Å². The van der Waals surface area contributed by atoms with E-state index in [4.69, 9.17) is 0 Å². The summed E-state index contributed by atoms with van der Waals surface area (Å²) >= 11 is 1.23. The predicted octanol–water partition coefficient (Wildman–Crippen LogP) is 2.03. The number of methoxy groups -OCH3 is 1. The van der Waals surface area contributed by atoms with Crippen molar-refractivity contribution in [2.45, 2.75) is 24.6 Å². The summed E-state index contributed by atoms with van der Waals surface area (Å²) in [6.45, 7) is 3.80. The smallest absolute Gasteiger partial charge is 0.339 e. The van der Waals surface area contributed by atoms with Gasteiger partial charge in [0.15, 0.2) is 0 Å². The van der Waals surface area contributed by atoms with Crippen LogP contribution in [0.1, 0.15) is 26.4 Å². The maximum atomic E-state index is 12.2. The number of carbonyl (C=O) groups excluding carboxylic acids is 1. The van der Waals surface area contributed by atoms with Gasteiger partial charge in [-0.1, -0.05) is 0 Å². The summed E-state index contributed by atoms with van der Waals surface area (Å²) in [5.41, 5.74) is 1.80. The van der Waals surface area contributed by atoms with Gasteiger partial charge in [-0.05, 0) is 37.1 Å². The molecular weight excluding hydrogens is 324 g/mol. The van der Waals surface area contributed by atoms with Crippen LogP contribution in [0.4, 0.5) is 0 Å². The van der Waals surface area contributed by atoms with Crippen molar-refractivity contribution in [3.8, 4) is 0 Å². The first-order valence-electron chi connectivity index (χ1n) is 6.42. The molecule has 0 saturated carbocycles. The van der Waals surface area contributed by atoms with E-state index >= 15 is 0 Å². The lowest BCUT2D eigenvalue weighted by atomic mass is 10.2. The molecule has 0 aliphatic heterocycles. The molecule has 6 nitrogen and oxygen atoms in total. The highest BCUT2D eigenvalue weighted by Crippen LogP contribution is 2.24. The molecule has 0 aliphatic carbocycles. The third kappa shape index (κ3) is 3.70. The fourth-order valence-corrected chi connectivity index (χ4v) is 4.31. The number of esters is 1. The zero-order chi connectivity index (χ0) is 16.3. The molecule has 2 aromatic rings. The molecule has 0 saturated heterocycles. The molecule has 0 aromatic carbocycles. The number of hydrogen-bond acceptors (Lipinski definition) is 6. The molecule has 1 N–H and O–H groups in total. The first-order chi connectivity index (χ1) is 10.3. The van der Waals surface area contributed by atoms with Crippen LogP contribution >= 0.6 is 11.3 Å². The van der Waals surface area contributed by atoms with Gasteiger partial charge in [-0.25, -0.2) is 17.9 Å². The number of aryl methyl sites for hydroxylation is 2. The van der Waals surface area contributed by atoms with E-state index in [1.807, 2.05) is 13.8 Å². The molecule has 0 unspecified atom stereocenters. The molecule has 0 spiro atoms. The lowest BCUT2D eigenvalue weighted by molar-refractivity contribution is 0.0600.